The average Bonchev–Trinajstić information content (AvgIpc) is 3.23. The van der Waals surface area contributed by atoms with Crippen molar-refractivity contribution in [1.29, 1.82) is 0 Å². The van der Waals surface area contributed by atoms with Crippen LogP contribution in [0.5, 0.6) is 5.75 Å². The van der Waals surface area contributed by atoms with Gasteiger partial charge in [-0.3, -0.25) is 15.4 Å². The zero-order chi connectivity index (χ0) is 22.5. The van der Waals surface area contributed by atoms with Crippen LogP contribution in [0.2, 0.25) is 0 Å². The lowest BCUT2D eigenvalue weighted by molar-refractivity contribution is -0.384. The third-order valence-electron chi connectivity index (χ3n) is 4.25. The molecule has 0 amide bonds. The van der Waals surface area contributed by atoms with Crippen LogP contribution in [0.1, 0.15) is 5.56 Å². The summed E-state index contributed by atoms with van der Waals surface area (Å²) >= 11 is 1.24. The summed E-state index contributed by atoms with van der Waals surface area (Å²) in [6.45, 7) is 0.552. The molecule has 0 spiro atoms. The molecule has 0 unspecified atom stereocenters. The molecular weight excluding hydrogens is 434 g/mol. The fourth-order valence-electron chi connectivity index (χ4n) is 2.72. The highest BCUT2D eigenvalue weighted by Crippen LogP contribution is 2.29. The molecule has 162 valence electrons. The molecule has 0 aliphatic rings. The maximum Gasteiger partial charge on any atom is 0.269 e. The molecule has 2 aromatic heterocycles. The van der Waals surface area contributed by atoms with Crippen molar-refractivity contribution in [3.63, 3.8) is 0 Å². The highest BCUT2D eigenvalue weighted by atomic mass is 32.1. The number of hydrogen-bond acceptors (Lipinski definition) is 12. The summed E-state index contributed by atoms with van der Waals surface area (Å²) in [6, 6.07) is 13.0. The largest absolute Gasteiger partial charge is 0.508 e. The zero-order valence-corrected chi connectivity index (χ0v) is 17.3. The molecule has 0 fully saturated rings. The van der Waals surface area contributed by atoms with E-state index in [1.807, 2.05) is 12.1 Å². The summed E-state index contributed by atoms with van der Waals surface area (Å²) in [7, 11) is 0. The van der Waals surface area contributed by atoms with Gasteiger partial charge in [-0.05, 0) is 36.2 Å². The zero-order valence-electron chi connectivity index (χ0n) is 16.5. The van der Waals surface area contributed by atoms with Crippen LogP contribution in [-0.2, 0) is 6.42 Å². The summed E-state index contributed by atoms with van der Waals surface area (Å²) in [6.07, 6.45) is 0.698. The van der Waals surface area contributed by atoms with Gasteiger partial charge in [-0.15, -0.1) is 10.2 Å². The molecule has 0 saturated heterocycles. The van der Waals surface area contributed by atoms with E-state index < -0.39 is 4.92 Å². The lowest BCUT2D eigenvalue weighted by Crippen LogP contribution is -2.11. The number of phenols is 1. The number of phenolic OH excluding ortho intramolecular Hbond substituents is 1. The Balaban J connectivity index is 1.40. The Morgan fingerprint density at radius 3 is 2.44 bits per heavy atom. The number of nitrogen functional groups attached to an aromatic ring is 1. The molecule has 0 aliphatic heterocycles. The number of nitro benzene ring substituents is 1. The number of non-ortho nitro benzene ring substituents is 1. The van der Waals surface area contributed by atoms with Crippen molar-refractivity contribution < 1.29 is 10.0 Å². The number of nitrogens with zero attached hydrogens (tertiary/aromatic N) is 6. The number of anilines is 4. The Bertz CT molecular complexity index is 1230. The van der Waals surface area contributed by atoms with Crippen molar-refractivity contribution in [2.45, 2.75) is 6.42 Å². The van der Waals surface area contributed by atoms with E-state index in [1.165, 1.54) is 23.5 Å². The van der Waals surface area contributed by atoms with E-state index >= 15 is 0 Å². The fraction of sp³-hybridized carbons (Fsp3) is 0.105. The van der Waals surface area contributed by atoms with Gasteiger partial charge < -0.3 is 16.2 Å². The molecule has 5 N–H and O–H groups in total. The van der Waals surface area contributed by atoms with Crippen LogP contribution in [-0.4, -0.2) is 41.7 Å². The number of nitro groups is 1. The summed E-state index contributed by atoms with van der Waals surface area (Å²) in [5.74, 6) is 0.765. The van der Waals surface area contributed by atoms with Gasteiger partial charge in [-0.1, -0.05) is 23.5 Å². The number of hydrogen-bond donors (Lipinski definition) is 4. The predicted molar refractivity (Wildman–Crippen MR) is 120 cm³/mol. The van der Waals surface area contributed by atoms with E-state index in [9.17, 15) is 15.2 Å². The molecule has 4 aromatic rings. The Morgan fingerprint density at radius 1 is 1.00 bits per heavy atom. The highest BCUT2D eigenvalue weighted by molar-refractivity contribution is 7.18. The van der Waals surface area contributed by atoms with Gasteiger partial charge in [-0.25, -0.2) is 0 Å². The van der Waals surface area contributed by atoms with Crippen LogP contribution in [0.3, 0.4) is 0 Å². The molecule has 13 heteroatoms. The molecule has 2 aromatic carbocycles. The van der Waals surface area contributed by atoms with E-state index in [4.69, 9.17) is 5.73 Å². The predicted octanol–water partition coefficient (Wildman–Crippen LogP) is 2.98. The molecule has 4 rings (SSSR count). The lowest BCUT2D eigenvalue weighted by Gasteiger charge is -2.07. The van der Waals surface area contributed by atoms with Gasteiger partial charge in [0.15, 0.2) is 0 Å². The maximum absolute atomic E-state index is 10.8. The van der Waals surface area contributed by atoms with Crippen LogP contribution in [0, 0.1) is 10.1 Å². The van der Waals surface area contributed by atoms with E-state index in [1.54, 1.807) is 24.3 Å². The van der Waals surface area contributed by atoms with E-state index in [2.05, 4.69) is 35.8 Å². The minimum absolute atomic E-state index is 0.00251. The first-order valence-corrected chi connectivity index (χ1v) is 10.2. The second-order valence-corrected chi connectivity index (χ2v) is 7.50. The molecular formula is C19H17N9O3S. The molecule has 0 aliphatic carbocycles. The van der Waals surface area contributed by atoms with Gasteiger partial charge in [0.1, 0.15) is 10.8 Å². The van der Waals surface area contributed by atoms with Crippen molar-refractivity contribution in [2.75, 3.05) is 22.9 Å². The lowest BCUT2D eigenvalue weighted by atomic mass is 10.1. The normalized spacial score (nSPS) is 10.6. The first-order chi connectivity index (χ1) is 15.5. The van der Waals surface area contributed by atoms with E-state index in [-0.39, 0.29) is 23.3 Å². The molecule has 0 bridgehead atoms. The molecule has 2 heterocycles. The third-order valence-corrected chi connectivity index (χ3v) is 5.14. The van der Waals surface area contributed by atoms with Gasteiger partial charge in [0, 0.05) is 24.2 Å². The molecule has 32 heavy (non-hydrogen) atoms. The Morgan fingerprint density at radius 2 is 1.72 bits per heavy atom. The molecule has 0 saturated carbocycles. The summed E-state index contributed by atoms with van der Waals surface area (Å²) < 4.78 is 0. The Labute approximate surface area is 185 Å². The number of rotatable bonds is 8. The van der Waals surface area contributed by atoms with Gasteiger partial charge in [0.25, 0.3) is 5.69 Å². The molecule has 12 nitrogen and oxygen atoms in total. The molecule has 0 atom stereocenters. The van der Waals surface area contributed by atoms with Crippen molar-refractivity contribution in [3.05, 3.63) is 64.2 Å². The highest BCUT2D eigenvalue weighted by Gasteiger charge is 2.12. The first-order valence-electron chi connectivity index (χ1n) is 9.35. The van der Waals surface area contributed by atoms with Crippen LogP contribution >= 0.6 is 11.3 Å². The Hall–Kier alpha value is -4.39. The third kappa shape index (κ3) is 5.20. The molecule has 0 radical (unpaired) electrons. The van der Waals surface area contributed by atoms with Crippen molar-refractivity contribution in [3.8, 4) is 16.3 Å². The van der Waals surface area contributed by atoms with Crippen LogP contribution in [0.25, 0.3) is 10.6 Å². The van der Waals surface area contributed by atoms with Gasteiger partial charge in [-0.2, -0.15) is 15.0 Å². The summed E-state index contributed by atoms with van der Waals surface area (Å²) in [4.78, 5) is 22.7. The summed E-state index contributed by atoms with van der Waals surface area (Å²) in [5.41, 5.74) is 7.54. The van der Waals surface area contributed by atoms with Gasteiger partial charge >= 0.3 is 0 Å². The number of aromatic hydroxyl groups is 1. The van der Waals surface area contributed by atoms with E-state index in [0.29, 0.717) is 34.6 Å². The van der Waals surface area contributed by atoms with Gasteiger partial charge in [0.2, 0.25) is 23.0 Å². The standard InChI is InChI=1S/C19H17N9O3S/c20-16-22-17(21-10-9-11-1-7-14(29)8-2-11)24-18(23-16)25-19-27-26-15(32-19)12-3-5-13(6-4-12)28(30)31/h1-8,29H,9-10H2,(H4,20,21,22,23,24,25,27). The first kappa shape index (κ1) is 20.9. The number of aromatic nitrogens is 5. The number of benzene rings is 2. The average molecular weight is 451 g/mol. The van der Waals surface area contributed by atoms with Gasteiger partial charge in [0.05, 0.1) is 4.92 Å². The van der Waals surface area contributed by atoms with Crippen molar-refractivity contribution in [2.24, 2.45) is 0 Å². The van der Waals surface area contributed by atoms with Crippen LogP contribution in [0.15, 0.2) is 48.5 Å². The fourth-order valence-corrected chi connectivity index (χ4v) is 3.46. The Kier molecular flexibility index (Phi) is 5.98. The minimum Gasteiger partial charge on any atom is -0.508 e. The minimum atomic E-state index is -0.460. The second-order valence-electron chi connectivity index (χ2n) is 6.53. The second kappa shape index (κ2) is 9.18. The topological polar surface area (TPSA) is 178 Å². The SMILES string of the molecule is Nc1nc(NCCc2ccc(O)cc2)nc(Nc2nnc(-c3ccc([N+](=O)[O-])cc3)s2)n1. The summed E-state index contributed by atoms with van der Waals surface area (Å²) in [5, 5.41) is 35.3. The van der Waals surface area contributed by atoms with E-state index in [0.717, 1.165) is 5.56 Å². The van der Waals surface area contributed by atoms with Crippen molar-refractivity contribution in [1.82, 2.24) is 25.1 Å². The number of nitrogens with two attached hydrogens (primary N) is 1. The number of nitrogens with one attached hydrogen (secondary N) is 2. The van der Waals surface area contributed by atoms with Crippen LogP contribution in [0.4, 0.5) is 28.7 Å². The maximum atomic E-state index is 10.8. The van der Waals surface area contributed by atoms with Crippen molar-refractivity contribution >= 4 is 40.0 Å². The smallest absolute Gasteiger partial charge is 0.269 e. The monoisotopic (exact) mass is 451 g/mol. The van der Waals surface area contributed by atoms with Crippen LogP contribution < -0.4 is 16.4 Å². The quantitative estimate of drug-likeness (QED) is 0.228.